The van der Waals surface area contributed by atoms with E-state index in [9.17, 15) is 14.4 Å². The maximum Gasteiger partial charge on any atom is 0.335 e. The first kappa shape index (κ1) is 12.9. The molecule has 1 aliphatic rings. The fourth-order valence-electron chi connectivity index (χ4n) is 1.81. The SMILES string of the molecule is COC(=O)CN1C(=O)CNc2cc(C(=O)O)ccc21. The van der Waals surface area contributed by atoms with E-state index in [0.717, 1.165) is 0 Å². The molecule has 0 saturated carbocycles. The third kappa shape index (κ3) is 2.49. The molecule has 0 aromatic heterocycles. The van der Waals surface area contributed by atoms with Crippen LogP contribution in [0.3, 0.4) is 0 Å². The minimum absolute atomic E-state index is 0.00701. The van der Waals surface area contributed by atoms with E-state index >= 15 is 0 Å². The molecular weight excluding hydrogens is 252 g/mol. The summed E-state index contributed by atoms with van der Waals surface area (Å²) in [5.41, 5.74) is 1.08. The standard InChI is InChI=1S/C12H12N2O5/c1-19-11(16)6-14-9-3-2-7(12(17)18)4-8(9)13-5-10(14)15/h2-4,13H,5-6H2,1H3,(H,17,18). The summed E-state index contributed by atoms with van der Waals surface area (Å²) >= 11 is 0. The molecule has 19 heavy (non-hydrogen) atoms. The maximum absolute atomic E-state index is 11.8. The third-order valence-electron chi connectivity index (χ3n) is 2.78. The van der Waals surface area contributed by atoms with Gasteiger partial charge in [0.2, 0.25) is 5.91 Å². The van der Waals surface area contributed by atoms with Crippen LogP contribution in [0.1, 0.15) is 10.4 Å². The number of hydrogen-bond donors (Lipinski definition) is 2. The van der Waals surface area contributed by atoms with Crippen LogP contribution in [0.4, 0.5) is 11.4 Å². The van der Waals surface area contributed by atoms with E-state index in [1.54, 1.807) is 0 Å². The number of methoxy groups -OCH3 is 1. The number of aromatic carboxylic acids is 1. The van der Waals surface area contributed by atoms with Crippen LogP contribution < -0.4 is 10.2 Å². The van der Waals surface area contributed by atoms with Crippen LogP contribution in [0.5, 0.6) is 0 Å². The summed E-state index contributed by atoms with van der Waals surface area (Å²) in [6.45, 7) is -0.191. The van der Waals surface area contributed by atoms with Crippen LogP contribution in [0.15, 0.2) is 18.2 Å². The number of fused-ring (bicyclic) bond motifs is 1. The van der Waals surface area contributed by atoms with Gasteiger partial charge in [0.25, 0.3) is 0 Å². The Morgan fingerprint density at radius 1 is 1.47 bits per heavy atom. The van der Waals surface area contributed by atoms with Crippen molar-refractivity contribution in [2.45, 2.75) is 0 Å². The molecular formula is C12H12N2O5. The summed E-state index contributed by atoms with van der Waals surface area (Å²) in [7, 11) is 1.24. The summed E-state index contributed by atoms with van der Waals surface area (Å²) in [6.07, 6.45) is 0. The number of rotatable bonds is 3. The highest BCUT2D eigenvalue weighted by atomic mass is 16.5. The van der Waals surface area contributed by atoms with Crippen molar-refractivity contribution in [3.8, 4) is 0 Å². The van der Waals surface area contributed by atoms with E-state index in [0.29, 0.717) is 11.4 Å². The number of esters is 1. The van der Waals surface area contributed by atoms with Crippen LogP contribution in [0, 0.1) is 0 Å². The molecule has 0 aliphatic carbocycles. The topological polar surface area (TPSA) is 95.9 Å². The number of carboxylic acid groups (broad SMARTS) is 1. The van der Waals surface area contributed by atoms with Gasteiger partial charge in [-0.3, -0.25) is 14.5 Å². The van der Waals surface area contributed by atoms with Crippen LogP contribution in [0.25, 0.3) is 0 Å². The highest BCUT2D eigenvalue weighted by molar-refractivity contribution is 6.06. The van der Waals surface area contributed by atoms with Crippen molar-refractivity contribution in [3.63, 3.8) is 0 Å². The fraction of sp³-hybridized carbons (Fsp3) is 0.250. The van der Waals surface area contributed by atoms with Crippen molar-refractivity contribution in [1.29, 1.82) is 0 Å². The Labute approximate surface area is 108 Å². The van der Waals surface area contributed by atoms with Crippen LogP contribution in [-0.2, 0) is 14.3 Å². The molecule has 100 valence electrons. The summed E-state index contributed by atoms with van der Waals surface area (Å²) < 4.78 is 4.53. The highest BCUT2D eigenvalue weighted by Gasteiger charge is 2.26. The van der Waals surface area contributed by atoms with Crippen molar-refractivity contribution in [1.82, 2.24) is 0 Å². The predicted molar refractivity (Wildman–Crippen MR) is 66.3 cm³/mol. The van der Waals surface area contributed by atoms with Gasteiger partial charge in [-0.1, -0.05) is 0 Å². The van der Waals surface area contributed by atoms with Crippen molar-refractivity contribution in [2.24, 2.45) is 0 Å². The first-order valence-electron chi connectivity index (χ1n) is 5.51. The zero-order valence-corrected chi connectivity index (χ0v) is 10.2. The number of benzene rings is 1. The monoisotopic (exact) mass is 264 g/mol. The van der Waals surface area contributed by atoms with Gasteiger partial charge in [-0.2, -0.15) is 0 Å². The molecule has 0 bridgehead atoms. The number of hydrogen-bond acceptors (Lipinski definition) is 5. The molecule has 0 saturated heterocycles. The van der Waals surface area contributed by atoms with E-state index in [-0.39, 0.29) is 24.6 Å². The number of amides is 1. The Balaban J connectivity index is 2.36. The van der Waals surface area contributed by atoms with Gasteiger partial charge in [-0.25, -0.2) is 4.79 Å². The van der Waals surface area contributed by atoms with Gasteiger partial charge in [-0.05, 0) is 18.2 Å². The van der Waals surface area contributed by atoms with E-state index in [1.807, 2.05) is 0 Å². The van der Waals surface area contributed by atoms with Crippen molar-refractivity contribution < 1.29 is 24.2 Å². The molecule has 1 amide bonds. The molecule has 7 heteroatoms. The Bertz CT molecular complexity index is 555. The summed E-state index contributed by atoms with van der Waals surface area (Å²) in [4.78, 5) is 35.2. The van der Waals surface area contributed by atoms with Gasteiger partial charge in [0.05, 0.1) is 30.6 Å². The second-order valence-corrected chi connectivity index (χ2v) is 3.95. The van der Waals surface area contributed by atoms with E-state index < -0.39 is 11.9 Å². The maximum atomic E-state index is 11.8. The fourth-order valence-corrected chi connectivity index (χ4v) is 1.81. The lowest BCUT2D eigenvalue weighted by Gasteiger charge is -2.29. The third-order valence-corrected chi connectivity index (χ3v) is 2.78. The van der Waals surface area contributed by atoms with Crippen LogP contribution >= 0.6 is 0 Å². The largest absolute Gasteiger partial charge is 0.478 e. The first-order valence-corrected chi connectivity index (χ1v) is 5.51. The smallest absolute Gasteiger partial charge is 0.335 e. The molecule has 0 radical (unpaired) electrons. The first-order chi connectivity index (χ1) is 9.02. The summed E-state index contributed by atoms with van der Waals surface area (Å²) in [6, 6.07) is 4.30. The molecule has 1 aromatic rings. The predicted octanol–water partition coefficient (Wildman–Crippen LogP) is 0.316. The second kappa shape index (κ2) is 4.97. The number of anilines is 2. The van der Waals surface area contributed by atoms with Crippen molar-refractivity contribution in [2.75, 3.05) is 30.4 Å². The Kier molecular flexibility index (Phi) is 3.37. The molecule has 1 heterocycles. The average Bonchev–Trinajstić information content (AvgIpc) is 2.41. The van der Waals surface area contributed by atoms with E-state index in [4.69, 9.17) is 5.11 Å². The van der Waals surface area contributed by atoms with Gasteiger partial charge in [0.1, 0.15) is 6.54 Å². The van der Waals surface area contributed by atoms with Gasteiger partial charge in [0.15, 0.2) is 0 Å². The number of ether oxygens (including phenoxy) is 1. The summed E-state index contributed by atoms with van der Waals surface area (Å²) in [5.74, 6) is -1.87. The number of carbonyl (C=O) groups excluding carboxylic acids is 2. The average molecular weight is 264 g/mol. The minimum Gasteiger partial charge on any atom is -0.478 e. The molecule has 0 fully saturated rings. The van der Waals surface area contributed by atoms with Gasteiger partial charge < -0.3 is 15.2 Å². The van der Waals surface area contributed by atoms with Crippen molar-refractivity contribution >= 4 is 29.2 Å². The Morgan fingerprint density at radius 2 is 2.21 bits per heavy atom. The molecule has 7 nitrogen and oxygen atoms in total. The van der Waals surface area contributed by atoms with Gasteiger partial charge in [-0.15, -0.1) is 0 Å². The van der Waals surface area contributed by atoms with Gasteiger partial charge in [0, 0.05) is 0 Å². The highest BCUT2D eigenvalue weighted by Crippen LogP contribution is 2.30. The quantitative estimate of drug-likeness (QED) is 0.763. The van der Waals surface area contributed by atoms with Crippen LogP contribution in [0.2, 0.25) is 0 Å². The Hall–Kier alpha value is -2.57. The summed E-state index contributed by atoms with van der Waals surface area (Å²) in [5, 5.41) is 11.7. The zero-order chi connectivity index (χ0) is 14.0. The molecule has 2 N–H and O–H groups in total. The van der Waals surface area contributed by atoms with E-state index in [1.165, 1.54) is 30.2 Å². The lowest BCUT2D eigenvalue weighted by molar-refractivity contribution is -0.140. The molecule has 0 spiro atoms. The lowest BCUT2D eigenvalue weighted by Crippen LogP contribution is -2.43. The van der Waals surface area contributed by atoms with Crippen molar-refractivity contribution in [3.05, 3.63) is 23.8 Å². The van der Waals surface area contributed by atoms with Gasteiger partial charge >= 0.3 is 11.9 Å². The zero-order valence-electron chi connectivity index (χ0n) is 10.2. The second-order valence-electron chi connectivity index (χ2n) is 3.95. The van der Waals surface area contributed by atoms with Crippen LogP contribution in [-0.4, -0.2) is 43.2 Å². The Morgan fingerprint density at radius 3 is 2.84 bits per heavy atom. The normalized spacial score (nSPS) is 13.5. The number of nitrogens with one attached hydrogen (secondary N) is 1. The molecule has 1 aromatic carbocycles. The molecule has 2 rings (SSSR count). The number of nitrogens with zero attached hydrogens (tertiary/aromatic N) is 1. The number of carbonyl (C=O) groups is 3. The lowest BCUT2D eigenvalue weighted by atomic mass is 10.1. The number of carboxylic acids is 1. The molecule has 1 aliphatic heterocycles. The molecule has 0 unspecified atom stereocenters. The molecule has 0 atom stereocenters. The van der Waals surface area contributed by atoms with E-state index in [2.05, 4.69) is 10.1 Å². The minimum atomic E-state index is -1.05.